The van der Waals surface area contributed by atoms with Gasteiger partial charge < -0.3 is 20.4 Å². The van der Waals surface area contributed by atoms with Gasteiger partial charge in [-0.25, -0.2) is 0 Å². The molecule has 4 N–H and O–H groups in total. The zero-order valence-electron chi connectivity index (χ0n) is 12.6. The molecular weight excluding hydrogens is 296 g/mol. The molecule has 0 amide bonds. The molecule has 0 saturated carbocycles. The van der Waals surface area contributed by atoms with Crippen LogP contribution < -0.4 is 0 Å². The SMILES string of the molecule is CC1(C(=O)O)C=CC(C)(C(=O)O)C(C)(C(=O)O)C1(C)C(=O)O. The molecule has 1 aliphatic rings. The first-order valence-electron chi connectivity index (χ1n) is 6.37. The van der Waals surface area contributed by atoms with Gasteiger partial charge in [0.1, 0.15) is 10.8 Å². The number of hydrogen-bond donors (Lipinski definition) is 4. The first-order valence-corrected chi connectivity index (χ1v) is 6.37. The Hall–Kier alpha value is -2.38. The standard InChI is InChI=1S/C14H18O8/c1-11(7(15)16)5-6-12(2,8(17)18)14(4,10(21)22)13(11,3)9(19)20/h5-6H,1-4H3,(H,15,16)(H,17,18)(H,19,20)(H,21,22). The van der Waals surface area contributed by atoms with E-state index in [0.29, 0.717) is 0 Å². The molecule has 0 aromatic heterocycles. The van der Waals surface area contributed by atoms with Crippen molar-refractivity contribution in [1.29, 1.82) is 0 Å². The smallest absolute Gasteiger partial charge is 0.314 e. The van der Waals surface area contributed by atoms with Crippen LogP contribution in [0.15, 0.2) is 12.2 Å². The summed E-state index contributed by atoms with van der Waals surface area (Å²) in [5, 5.41) is 38.2. The largest absolute Gasteiger partial charge is 0.481 e. The van der Waals surface area contributed by atoms with E-state index in [2.05, 4.69) is 0 Å². The van der Waals surface area contributed by atoms with Crippen LogP contribution in [0.1, 0.15) is 27.7 Å². The minimum absolute atomic E-state index is 0.961. The molecule has 0 fully saturated rings. The minimum Gasteiger partial charge on any atom is -0.481 e. The van der Waals surface area contributed by atoms with Crippen LogP contribution in [0.4, 0.5) is 0 Å². The molecule has 1 aliphatic carbocycles. The average Bonchev–Trinajstić information content (AvgIpc) is 2.39. The van der Waals surface area contributed by atoms with Crippen LogP contribution in [0.3, 0.4) is 0 Å². The summed E-state index contributed by atoms with van der Waals surface area (Å²) >= 11 is 0. The highest BCUT2D eigenvalue weighted by atomic mass is 16.4. The predicted octanol–water partition coefficient (Wildman–Crippen LogP) is 0.920. The molecule has 0 radical (unpaired) electrons. The van der Waals surface area contributed by atoms with E-state index in [1.807, 2.05) is 0 Å². The van der Waals surface area contributed by atoms with Crippen molar-refractivity contribution in [3.63, 3.8) is 0 Å². The molecule has 0 aromatic rings. The van der Waals surface area contributed by atoms with Crippen LogP contribution in [0, 0.1) is 21.7 Å². The molecule has 0 heterocycles. The van der Waals surface area contributed by atoms with Crippen LogP contribution in [0.25, 0.3) is 0 Å². The fraction of sp³-hybridized carbons (Fsp3) is 0.571. The fourth-order valence-corrected chi connectivity index (χ4v) is 3.15. The summed E-state index contributed by atoms with van der Waals surface area (Å²) < 4.78 is 0. The Kier molecular flexibility index (Phi) is 3.66. The quantitative estimate of drug-likeness (QED) is 0.559. The second-order valence-electron chi connectivity index (χ2n) is 6.21. The lowest BCUT2D eigenvalue weighted by Gasteiger charge is -2.56. The monoisotopic (exact) mass is 314 g/mol. The Morgan fingerprint density at radius 3 is 0.955 bits per heavy atom. The summed E-state index contributed by atoms with van der Waals surface area (Å²) in [5.41, 5.74) is -9.00. The van der Waals surface area contributed by atoms with Gasteiger partial charge in [0.05, 0.1) is 10.8 Å². The van der Waals surface area contributed by atoms with Gasteiger partial charge in [0.15, 0.2) is 0 Å². The molecule has 8 nitrogen and oxygen atoms in total. The number of carbonyl (C=O) groups is 4. The van der Waals surface area contributed by atoms with Gasteiger partial charge in [-0.2, -0.15) is 0 Å². The van der Waals surface area contributed by atoms with Gasteiger partial charge in [-0.3, -0.25) is 19.2 Å². The van der Waals surface area contributed by atoms with Crippen molar-refractivity contribution >= 4 is 23.9 Å². The Balaban J connectivity index is 4.03. The second-order valence-corrected chi connectivity index (χ2v) is 6.21. The lowest BCUT2D eigenvalue weighted by molar-refractivity contribution is -0.206. The molecule has 0 spiro atoms. The third kappa shape index (κ3) is 1.57. The van der Waals surface area contributed by atoms with E-state index in [9.17, 15) is 39.6 Å². The van der Waals surface area contributed by atoms with E-state index in [-0.39, 0.29) is 0 Å². The van der Waals surface area contributed by atoms with Crippen LogP contribution in [0.5, 0.6) is 0 Å². The highest BCUT2D eigenvalue weighted by Crippen LogP contribution is 2.64. The molecule has 0 saturated heterocycles. The predicted molar refractivity (Wildman–Crippen MR) is 72.1 cm³/mol. The molecule has 1 rings (SSSR count). The van der Waals surface area contributed by atoms with Crippen LogP contribution in [0.2, 0.25) is 0 Å². The number of hydrogen-bond acceptors (Lipinski definition) is 4. The molecule has 8 heteroatoms. The van der Waals surface area contributed by atoms with E-state index >= 15 is 0 Å². The van der Waals surface area contributed by atoms with Crippen molar-refractivity contribution < 1.29 is 39.6 Å². The third-order valence-electron chi connectivity index (χ3n) is 5.57. The average molecular weight is 314 g/mol. The molecule has 0 bridgehead atoms. The molecule has 4 unspecified atom stereocenters. The summed E-state index contributed by atoms with van der Waals surface area (Å²) in [4.78, 5) is 47.0. The van der Waals surface area contributed by atoms with Crippen molar-refractivity contribution in [3.05, 3.63) is 12.2 Å². The van der Waals surface area contributed by atoms with Crippen LogP contribution in [-0.2, 0) is 19.2 Å². The number of carboxylic acid groups (broad SMARTS) is 4. The lowest BCUT2D eigenvalue weighted by atomic mass is 9.41. The van der Waals surface area contributed by atoms with Crippen molar-refractivity contribution in [2.45, 2.75) is 27.7 Å². The Morgan fingerprint density at radius 1 is 0.591 bits per heavy atom. The molecule has 4 atom stereocenters. The summed E-state index contributed by atoms with van der Waals surface area (Å²) in [6.45, 7) is 4.07. The maximum Gasteiger partial charge on any atom is 0.314 e. The van der Waals surface area contributed by atoms with Gasteiger partial charge in [0.25, 0.3) is 0 Å². The third-order valence-corrected chi connectivity index (χ3v) is 5.57. The molecule has 122 valence electrons. The van der Waals surface area contributed by atoms with E-state index in [1.165, 1.54) is 0 Å². The van der Waals surface area contributed by atoms with E-state index in [0.717, 1.165) is 39.8 Å². The Labute approximate surface area is 126 Å². The summed E-state index contributed by atoms with van der Waals surface area (Å²) in [7, 11) is 0. The minimum atomic E-state index is -2.40. The van der Waals surface area contributed by atoms with E-state index in [4.69, 9.17) is 0 Å². The van der Waals surface area contributed by atoms with Gasteiger partial charge in [0.2, 0.25) is 0 Å². The van der Waals surface area contributed by atoms with Crippen molar-refractivity contribution in [3.8, 4) is 0 Å². The van der Waals surface area contributed by atoms with Gasteiger partial charge in [-0.1, -0.05) is 12.2 Å². The number of rotatable bonds is 4. The van der Waals surface area contributed by atoms with E-state index < -0.39 is 45.5 Å². The highest BCUT2D eigenvalue weighted by Gasteiger charge is 2.75. The van der Waals surface area contributed by atoms with Crippen LogP contribution >= 0.6 is 0 Å². The molecule has 0 aliphatic heterocycles. The number of aliphatic carboxylic acids is 4. The summed E-state index contributed by atoms with van der Waals surface area (Å²) in [6, 6.07) is 0. The molecule has 0 aromatic carbocycles. The zero-order chi connectivity index (χ0) is 17.7. The molecular formula is C14H18O8. The van der Waals surface area contributed by atoms with Gasteiger partial charge in [0, 0.05) is 0 Å². The van der Waals surface area contributed by atoms with Crippen LogP contribution in [-0.4, -0.2) is 44.3 Å². The normalized spacial score (nSPS) is 40.9. The van der Waals surface area contributed by atoms with Gasteiger partial charge in [-0.15, -0.1) is 0 Å². The maximum absolute atomic E-state index is 11.9. The zero-order valence-corrected chi connectivity index (χ0v) is 12.6. The van der Waals surface area contributed by atoms with Crippen molar-refractivity contribution in [2.24, 2.45) is 21.7 Å². The first kappa shape index (κ1) is 17.7. The highest BCUT2D eigenvalue weighted by molar-refractivity contribution is 5.99. The summed E-state index contributed by atoms with van der Waals surface area (Å²) in [6.07, 6.45) is 1.92. The fourth-order valence-electron chi connectivity index (χ4n) is 3.15. The summed E-state index contributed by atoms with van der Waals surface area (Å²) in [5.74, 6) is -6.49. The number of carboxylic acids is 4. The van der Waals surface area contributed by atoms with Crippen molar-refractivity contribution in [2.75, 3.05) is 0 Å². The topological polar surface area (TPSA) is 149 Å². The lowest BCUT2D eigenvalue weighted by Crippen LogP contribution is -2.68. The molecule has 22 heavy (non-hydrogen) atoms. The Morgan fingerprint density at radius 2 is 0.818 bits per heavy atom. The second kappa shape index (κ2) is 4.56. The maximum atomic E-state index is 11.9. The van der Waals surface area contributed by atoms with Gasteiger partial charge >= 0.3 is 23.9 Å². The first-order chi connectivity index (χ1) is 9.73. The van der Waals surface area contributed by atoms with Crippen molar-refractivity contribution in [1.82, 2.24) is 0 Å². The van der Waals surface area contributed by atoms with Gasteiger partial charge in [-0.05, 0) is 27.7 Å². The Bertz CT molecular complexity index is 556. The van der Waals surface area contributed by atoms with E-state index in [1.54, 1.807) is 0 Å².